The molecule has 0 saturated carbocycles. The Hall–Kier alpha value is -1.07. The van der Waals surface area contributed by atoms with Crippen LogP contribution in [0, 0.1) is 0 Å². The zero-order valence-electron chi connectivity index (χ0n) is 8.21. The standard InChI is InChI=1S/C10H10N2OS2/c1-11(8-5-3-2-4-6-8)12-9(13)7-15-10(12)14/h2-6H,7H2,1H3. The molecule has 1 fully saturated rings. The van der Waals surface area contributed by atoms with Gasteiger partial charge >= 0.3 is 0 Å². The molecule has 2 rings (SSSR count). The number of para-hydroxylation sites is 1. The predicted molar refractivity (Wildman–Crippen MR) is 66.7 cm³/mol. The third-order valence-electron chi connectivity index (χ3n) is 2.16. The highest BCUT2D eigenvalue weighted by molar-refractivity contribution is 8.23. The molecular formula is C10H10N2OS2. The molecule has 0 atom stereocenters. The minimum atomic E-state index is 0.0383. The summed E-state index contributed by atoms with van der Waals surface area (Å²) in [7, 11) is 1.84. The Labute approximate surface area is 98.0 Å². The van der Waals surface area contributed by atoms with Gasteiger partial charge in [-0.15, -0.1) is 0 Å². The summed E-state index contributed by atoms with van der Waals surface area (Å²) < 4.78 is 0.617. The number of thioether (sulfide) groups is 1. The predicted octanol–water partition coefficient (Wildman–Crippen LogP) is 1.90. The Morgan fingerprint density at radius 1 is 1.40 bits per heavy atom. The lowest BCUT2D eigenvalue weighted by molar-refractivity contribution is -0.124. The molecule has 1 amide bonds. The van der Waals surface area contributed by atoms with Crippen molar-refractivity contribution in [2.24, 2.45) is 0 Å². The van der Waals surface area contributed by atoms with E-state index in [0.717, 1.165) is 5.69 Å². The van der Waals surface area contributed by atoms with Crippen molar-refractivity contribution in [3.8, 4) is 0 Å². The van der Waals surface area contributed by atoms with E-state index in [4.69, 9.17) is 12.2 Å². The van der Waals surface area contributed by atoms with Crippen LogP contribution >= 0.6 is 24.0 Å². The van der Waals surface area contributed by atoms with E-state index in [1.807, 2.05) is 37.4 Å². The number of thiocarbonyl (C=S) groups is 1. The lowest BCUT2D eigenvalue weighted by Crippen LogP contribution is -2.43. The summed E-state index contributed by atoms with van der Waals surface area (Å²) >= 11 is 6.52. The van der Waals surface area contributed by atoms with Gasteiger partial charge in [-0.1, -0.05) is 42.2 Å². The van der Waals surface area contributed by atoms with Crippen LogP contribution in [0.15, 0.2) is 30.3 Å². The minimum absolute atomic E-state index is 0.0383. The van der Waals surface area contributed by atoms with Crippen molar-refractivity contribution in [3.05, 3.63) is 30.3 Å². The van der Waals surface area contributed by atoms with E-state index < -0.39 is 0 Å². The fourth-order valence-electron chi connectivity index (χ4n) is 1.40. The fraction of sp³-hybridized carbons (Fsp3) is 0.200. The van der Waals surface area contributed by atoms with Crippen molar-refractivity contribution < 1.29 is 4.79 Å². The van der Waals surface area contributed by atoms with Gasteiger partial charge in [-0.25, -0.2) is 5.01 Å². The molecule has 0 spiro atoms. The molecule has 1 aliphatic heterocycles. The van der Waals surface area contributed by atoms with E-state index in [-0.39, 0.29) is 5.91 Å². The molecule has 15 heavy (non-hydrogen) atoms. The molecular weight excluding hydrogens is 228 g/mol. The highest BCUT2D eigenvalue weighted by Gasteiger charge is 2.30. The van der Waals surface area contributed by atoms with Crippen molar-refractivity contribution >= 4 is 39.9 Å². The average molecular weight is 238 g/mol. The van der Waals surface area contributed by atoms with E-state index in [1.54, 1.807) is 5.01 Å². The maximum atomic E-state index is 11.6. The molecule has 78 valence electrons. The lowest BCUT2D eigenvalue weighted by Gasteiger charge is -2.28. The molecule has 0 N–H and O–H groups in total. The summed E-state index contributed by atoms with van der Waals surface area (Å²) in [5, 5.41) is 3.32. The molecule has 0 unspecified atom stereocenters. The number of hydrazine groups is 1. The van der Waals surface area contributed by atoms with Crippen molar-refractivity contribution in [1.82, 2.24) is 5.01 Å². The van der Waals surface area contributed by atoms with E-state index in [1.165, 1.54) is 16.8 Å². The maximum absolute atomic E-state index is 11.6. The smallest absolute Gasteiger partial charge is 0.257 e. The number of benzene rings is 1. The second-order valence-electron chi connectivity index (χ2n) is 3.12. The topological polar surface area (TPSA) is 23.6 Å². The molecule has 0 radical (unpaired) electrons. The zero-order chi connectivity index (χ0) is 10.8. The molecule has 0 bridgehead atoms. The van der Waals surface area contributed by atoms with Gasteiger partial charge in [0, 0.05) is 7.05 Å². The Bertz CT molecular complexity index is 378. The third-order valence-corrected chi connectivity index (χ3v) is 3.50. The van der Waals surface area contributed by atoms with Crippen molar-refractivity contribution in [2.75, 3.05) is 17.8 Å². The second-order valence-corrected chi connectivity index (χ2v) is 4.73. The summed E-state index contributed by atoms with van der Waals surface area (Å²) in [6.07, 6.45) is 0. The van der Waals surface area contributed by atoms with Gasteiger partial charge in [0.05, 0.1) is 11.4 Å². The molecule has 3 nitrogen and oxygen atoms in total. The van der Waals surface area contributed by atoms with Gasteiger partial charge in [0.2, 0.25) is 0 Å². The summed E-state index contributed by atoms with van der Waals surface area (Å²) in [6, 6.07) is 9.69. The highest BCUT2D eigenvalue weighted by Crippen LogP contribution is 2.24. The monoisotopic (exact) mass is 238 g/mol. The molecule has 1 aromatic rings. The van der Waals surface area contributed by atoms with Gasteiger partial charge in [-0.05, 0) is 12.1 Å². The largest absolute Gasteiger partial charge is 0.280 e. The molecule has 5 heteroatoms. The van der Waals surface area contributed by atoms with E-state index >= 15 is 0 Å². The molecule has 1 aromatic carbocycles. The molecule has 1 heterocycles. The first-order valence-electron chi connectivity index (χ1n) is 4.48. The van der Waals surface area contributed by atoms with E-state index in [2.05, 4.69) is 0 Å². The number of amides is 1. The van der Waals surface area contributed by atoms with Crippen LogP contribution in [0.4, 0.5) is 5.69 Å². The molecule has 0 aliphatic carbocycles. The number of carbonyl (C=O) groups excluding carboxylic acids is 1. The van der Waals surface area contributed by atoms with Gasteiger partial charge in [0.1, 0.15) is 0 Å². The summed E-state index contributed by atoms with van der Waals surface area (Å²) in [4.78, 5) is 11.6. The fourth-order valence-corrected chi connectivity index (χ4v) is 2.51. The van der Waals surface area contributed by atoms with Crippen molar-refractivity contribution in [3.63, 3.8) is 0 Å². The van der Waals surface area contributed by atoms with Gasteiger partial charge in [0.15, 0.2) is 4.32 Å². The Morgan fingerprint density at radius 3 is 2.60 bits per heavy atom. The zero-order valence-corrected chi connectivity index (χ0v) is 9.85. The summed E-state index contributed by atoms with van der Waals surface area (Å²) in [5.74, 6) is 0.479. The van der Waals surface area contributed by atoms with Crippen LogP contribution in [-0.2, 0) is 4.79 Å². The van der Waals surface area contributed by atoms with Gasteiger partial charge in [-0.3, -0.25) is 9.80 Å². The van der Waals surface area contributed by atoms with Crippen molar-refractivity contribution in [1.29, 1.82) is 0 Å². The second kappa shape index (κ2) is 4.20. The van der Waals surface area contributed by atoms with Crippen LogP contribution in [-0.4, -0.2) is 28.0 Å². The minimum Gasteiger partial charge on any atom is -0.280 e. The van der Waals surface area contributed by atoms with E-state index in [9.17, 15) is 4.79 Å². The summed E-state index contributed by atoms with van der Waals surface area (Å²) in [5.41, 5.74) is 0.954. The molecule has 1 saturated heterocycles. The van der Waals surface area contributed by atoms with Gasteiger partial charge < -0.3 is 0 Å². The number of hydrogen-bond donors (Lipinski definition) is 0. The first kappa shape index (κ1) is 10.4. The van der Waals surface area contributed by atoms with Crippen LogP contribution in [0.5, 0.6) is 0 Å². The van der Waals surface area contributed by atoms with Gasteiger partial charge in [0.25, 0.3) is 5.91 Å². The quantitative estimate of drug-likeness (QED) is 0.734. The highest BCUT2D eigenvalue weighted by atomic mass is 32.2. The average Bonchev–Trinajstić information content (AvgIpc) is 2.59. The number of nitrogens with zero attached hydrogens (tertiary/aromatic N) is 2. The first-order valence-corrected chi connectivity index (χ1v) is 5.88. The number of hydrogen-bond acceptors (Lipinski definition) is 4. The third kappa shape index (κ3) is 1.98. The van der Waals surface area contributed by atoms with Gasteiger partial charge in [-0.2, -0.15) is 0 Å². The molecule has 1 aliphatic rings. The maximum Gasteiger partial charge on any atom is 0.257 e. The molecule has 0 aromatic heterocycles. The van der Waals surface area contributed by atoms with Crippen LogP contribution in [0.1, 0.15) is 0 Å². The van der Waals surface area contributed by atoms with Crippen LogP contribution in [0.2, 0.25) is 0 Å². The normalized spacial score (nSPS) is 15.9. The SMILES string of the molecule is CN(c1ccccc1)N1C(=O)CSC1=S. The number of carbonyl (C=O) groups is 1. The van der Waals surface area contributed by atoms with Crippen LogP contribution in [0.3, 0.4) is 0 Å². The number of rotatable bonds is 2. The first-order chi connectivity index (χ1) is 7.20. The lowest BCUT2D eigenvalue weighted by atomic mass is 10.3. The number of anilines is 1. The summed E-state index contributed by atoms with van der Waals surface area (Å²) in [6.45, 7) is 0. The van der Waals surface area contributed by atoms with Crippen LogP contribution in [0.25, 0.3) is 0 Å². The Balaban J connectivity index is 2.24. The van der Waals surface area contributed by atoms with Crippen molar-refractivity contribution in [2.45, 2.75) is 0 Å². The van der Waals surface area contributed by atoms with E-state index in [0.29, 0.717) is 10.1 Å². The Morgan fingerprint density at radius 2 is 2.07 bits per heavy atom. The van der Waals surface area contributed by atoms with Crippen LogP contribution < -0.4 is 5.01 Å². The Kier molecular flexibility index (Phi) is 2.93.